The van der Waals surface area contributed by atoms with E-state index < -0.39 is 0 Å². The summed E-state index contributed by atoms with van der Waals surface area (Å²) in [5.41, 5.74) is 1.64. The molecule has 4 heteroatoms. The van der Waals surface area contributed by atoms with Crippen LogP contribution in [0.4, 0.5) is 0 Å². The molecular weight excluding hydrogens is 468 g/mol. The van der Waals surface area contributed by atoms with Gasteiger partial charge in [-0.15, -0.1) is 0 Å². The lowest BCUT2D eigenvalue weighted by Gasteiger charge is -2.18. The van der Waals surface area contributed by atoms with Gasteiger partial charge in [-0.3, -0.25) is 0 Å². The molecule has 27 heavy (non-hydrogen) atoms. The third kappa shape index (κ3) is 3.44. The second-order valence-electron chi connectivity index (χ2n) is 5.79. The zero-order chi connectivity index (χ0) is 19.6. The molecule has 0 aliphatic carbocycles. The summed E-state index contributed by atoms with van der Waals surface area (Å²) in [5, 5.41) is 15.0. The number of rotatable bonds is 2. The van der Waals surface area contributed by atoms with Gasteiger partial charge in [0.2, 0.25) is 0 Å². The maximum Gasteiger partial charge on any atom is 0.141 e. The zero-order valence-electron chi connectivity index (χ0n) is 15.4. The third-order valence-corrected chi connectivity index (χ3v) is 5.58. The smallest absolute Gasteiger partial charge is 0.141 e. The molecule has 0 saturated carbocycles. The normalized spacial score (nSPS) is 10.6. The van der Waals surface area contributed by atoms with E-state index in [-0.39, 0.29) is 5.75 Å². The van der Waals surface area contributed by atoms with Crippen LogP contribution in [0.5, 0.6) is 11.5 Å². The first kappa shape index (κ1) is 19.7. The molecule has 0 aromatic heterocycles. The molecule has 0 fully saturated rings. The molecule has 0 radical (unpaired) electrons. The molecule has 2 nitrogen and oxygen atoms in total. The third-order valence-electron chi connectivity index (χ3n) is 4.39. The Balaban J connectivity index is 0.00000102. The summed E-state index contributed by atoms with van der Waals surface area (Å²) < 4.78 is 7.22. The van der Waals surface area contributed by atoms with Crippen LogP contribution in [-0.2, 0) is 0 Å². The first-order chi connectivity index (χ1) is 13.1. The van der Waals surface area contributed by atoms with Crippen molar-refractivity contribution < 1.29 is 9.84 Å². The second kappa shape index (κ2) is 8.32. The Labute approximate surface area is 176 Å². The molecule has 1 N–H and O–H groups in total. The summed E-state index contributed by atoms with van der Waals surface area (Å²) >= 11 is 7.11. The van der Waals surface area contributed by atoms with Crippen LogP contribution in [0.3, 0.4) is 0 Å². The fraction of sp³-hybridized carbons (Fsp3) is 0.130. The minimum Gasteiger partial charge on any atom is -0.506 e. The van der Waals surface area contributed by atoms with Gasteiger partial charge in [-0.25, -0.2) is 0 Å². The molecule has 0 spiro atoms. The van der Waals surface area contributed by atoms with E-state index in [1.807, 2.05) is 62.4 Å². The van der Waals surface area contributed by atoms with Gasteiger partial charge in [0.1, 0.15) is 11.5 Å². The maximum absolute atomic E-state index is 10.9. The predicted octanol–water partition coefficient (Wildman–Crippen LogP) is 7.93. The summed E-state index contributed by atoms with van der Waals surface area (Å²) in [5.74, 6) is 0.914. The van der Waals surface area contributed by atoms with Gasteiger partial charge in [-0.1, -0.05) is 62.4 Å². The van der Waals surface area contributed by atoms with Crippen molar-refractivity contribution in [1.29, 1.82) is 0 Å². The van der Waals surface area contributed by atoms with Crippen molar-refractivity contribution in [2.75, 3.05) is 7.11 Å². The average molecular weight is 488 g/mol. The van der Waals surface area contributed by atoms with Gasteiger partial charge >= 0.3 is 0 Å². The molecule has 4 aromatic carbocycles. The van der Waals surface area contributed by atoms with Crippen LogP contribution in [0.15, 0.2) is 69.6 Å². The number of phenolic OH excluding ortho intramolecular Hbond substituents is 1. The van der Waals surface area contributed by atoms with E-state index in [1.54, 1.807) is 7.11 Å². The maximum atomic E-state index is 10.9. The van der Waals surface area contributed by atoms with Crippen LogP contribution in [0.2, 0.25) is 0 Å². The second-order valence-corrected chi connectivity index (χ2v) is 7.50. The highest BCUT2D eigenvalue weighted by molar-refractivity contribution is 9.11. The first-order valence-corrected chi connectivity index (χ1v) is 10.4. The number of aromatic hydroxyl groups is 1. The average Bonchev–Trinajstić information content (AvgIpc) is 2.70. The number of halogens is 2. The van der Waals surface area contributed by atoms with Gasteiger partial charge in [0, 0.05) is 11.1 Å². The van der Waals surface area contributed by atoms with Gasteiger partial charge in [0.25, 0.3) is 0 Å². The Morgan fingerprint density at radius 3 is 1.78 bits per heavy atom. The van der Waals surface area contributed by atoms with Gasteiger partial charge in [0.15, 0.2) is 0 Å². The van der Waals surface area contributed by atoms with Gasteiger partial charge in [0.05, 0.1) is 16.1 Å². The van der Waals surface area contributed by atoms with Crippen LogP contribution >= 0.6 is 31.9 Å². The van der Waals surface area contributed by atoms with E-state index in [9.17, 15) is 5.11 Å². The molecule has 4 aromatic rings. The van der Waals surface area contributed by atoms with E-state index in [2.05, 4.69) is 44.0 Å². The van der Waals surface area contributed by atoms with Crippen LogP contribution < -0.4 is 4.74 Å². The van der Waals surface area contributed by atoms with E-state index in [1.165, 1.54) is 0 Å². The van der Waals surface area contributed by atoms with Crippen molar-refractivity contribution in [3.8, 4) is 22.6 Å². The Bertz CT molecular complexity index is 1120. The highest BCUT2D eigenvalue weighted by atomic mass is 79.9. The summed E-state index contributed by atoms with van der Waals surface area (Å²) in [6, 6.07) is 20.1. The highest BCUT2D eigenvalue weighted by Gasteiger charge is 2.21. The van der Waals surface area contributed by atoms with Gasteiger partial charge in [-0.2, -0.15) is 0 Å². The SMILES string of the molecule is CC.COc1c(Br)cc2ccccc2c1-c1c(O)c(Br)cc2ccccc12. The number of hydrogen-bond donors (Lipinski definition) is 1. The molecule has 0 bridgehead atoms. The van der Waals surface area contributed by atoms with Gasteiger partial charge < -0.3 is 9.84 Å². The molecule has 0 saturated heterocycles. The number of benzene rings is 4. The number of methoxy groups -OCH3 is 1. The lowest BCUT2D eigenvalue weighted by molar-refractivity contribution is 0.414. The fourth-order valence-corrected chi connectivity index (χ4v) is 4.35. The van der Waals surface area contributed by atoms with E-state index in [0.29, 0.717) is 10.2 Å². The molecule has 0 atom stereocenters. The molecule has 0 aliphatic rings. The summed E-state index contributed by atoms with van der Waals surface area (Å²) in [4.78, 5) is 0. The summed E-state index contributed by atoms with van der Waals surface area (Å²) in [6.45, 7) is 4.00. The predicted molar refractivity (Wildman–Crippen MR) is 122 cm³/mol. The van der Waals surface area contributed by atoms with Crippen molar-refractivity contribution in [3.63, 3.8) is 0 Å². The molecular formula is C23H20Br2O2. The van der Waals surface area contributed by atoms with Crippen molar-refractivity contribution in [1.82, 2.24) is 0 Å². The molecule has 4 rings (SSSR count). The Morgan fingerprint density at radius 2 is 1.22 bits per heavy atom. The molecule has 0 aliphatic heterocycles. The fourth-order valence-electron chi connectivity index (χ4n) is 3.30. The lowest BCUT2D eigenvalue weighted by Crippen LogP contribution is -1.93. The van der Waals surface area contributed by atoms with E-state index in [4.69, 9.17) is 4.74 Å². The van der Waals surface area contributed by atoms with E-state index >= 15 is 0 Å². The van der Waals surface area contributed by atoms with E-state index in [0.717, 1.165) is 37.1 Å². The van der Waals surface area contributed by atoms with Crippen LogP contribution in [0.25, 0.3) is 32.7 Å². The minimum atomic E-state index is 0.209. The number of phenols is 1. The number of hydrogen-bond acceptors (Lipinski definition) is 2. The van der Waals surface area contributed by atoms with Crippen molar-refractivity contribution >= 4 is 53.4 Å². The van der Waals surface area contributed by atoms with Crippen molar-refractivity contribution in [3.05, 3.63) is 69.6 Å². The largest absolute Gasteiger partial charge is 0.506 e. The lowest BCUT2D eigenvalue weighted by atomic mass is 9.92. The first-order valence-electron chi connectivity index (χ1n) is 8.77. The molecule has 0 heterocycles. The zero-order valence-corrected chi connectivity index (χ0v) is 18.6. The Kier molecular flexibility index (Phi) is 6.08. The minimum absolute atomic E-state index is 0.209. The van der Waals surface area contributed by atoms with Crippen LogP contribution in [-0.4, -0.2) is 12.2 Å². The Morgan fingerprint density at radius 1 is 0.741 bits per heavy atom. The standard InChI is InChI=1S/C21H14Br2O2.C2H6/c1-25-21-17(23)11-13-7-3-5-9-15(13)19(21)18-14-8-4-2-6-12(14)10-16(22)20(18)24;1-2/h2-11,24H,1H3;1-2H3. The Hall–Kier alpha value is -2.04. The molecule has 0 amide bonds. The van der Waals surface area contributed by atoms with Crippen molar-refractivity contribution in [2.45, 2.75) is 13.8 Å². The topological polar surface area (TPSA) is 29.5 Å². The highest BCUT2D eigenvalue weighted by Crippen LogP contribution is 2.49. The quantitative estimate of drug-likeness (QED) is 0.311. The molecule has 138 valence electrons. The van der Waals surface area contributed by atoms with Gasteiger partial charge in [-0.05, 0) is 65.5 Å². The summed E-state index contributed by atoms with van der Waals surface area (Å²) in [7, 11) is 1.65. The number of ether oxygens (including phenoxy) is 1. The molecule has 0 unspecified atom stereocenters. The van der Waals surface area contributed by atoms with Crippen molar-refractivity contribution in [2.24, 2.45) is 0 Å². The summed E-state index contributed by atoms with van der Waals surface area (Å²) in [6.07, 6.45) is 0. The van der Waals surface area contributed by atoms with Crippen LogP contribution in [0.1, 0.15) is 13.8 Å². The number of fused-ring (bicyclic) bond motifs is 2. The van der Waals surface area contributed by atoms with Crippen LogP contribution in [0, 0.1) is 0 Å². The monoisotopic (exact) mass is 486 g/mol.